The van der Waals surface area contributed by atoms with Gasteiger partial charge in [-0.05, 0) is 44.3 Å². The van der Waals surface area contributed by atoms with Crippen LogP contribution < -0.4 is 10.6 Å². The maximum atomic E-state index is 12.7. The minimum absolute atomic E-state index is 0.283. The van der Waals surface area contributed by atoms with Crippen molar-refractivity contribution in [3.8, 4) is 0 Å². The van der Waals surface area contributed by atoms with Crippen molar-refractivity contribution in [2.75, 3.05) is 39.8 Å². The third-order valence-electron chi connectivity index (χ3n) is 6.54. The molecule has 0 saturated carbocycles. The van der Waals surface area contributed by atoms with Crippen LogP contribution in [0, 0.1) is 0 Å². The Kier molecular flexibility index (Phi) is 6.69. The monoisotopic (exact) mass is 412 g/mol. The lowest BCUT2D eigenvalue weighted by atomic mass is 9.94. The molecule has 3 heterocycles. The number of nitrogens with zero attached hydrogens (tertiary/aromatic N) is 2. The molecule has 7 heteroatoms. The van der Waals surface area contributed by atoms with Crippen LogP contribution >= 0.6 is 0 Å². The molecule has 0 aliphatic carbocycles. The number of piperidine rings is 2. The van der Waals surface area contributed by atoms with Crippen LogP contribution in [0.4, 0.5) is 4.79 Å². The van der Waals surface area contributed by atoms with Crippen molar-refractivity contribution in [2.24, 2.45) is 0 Å². The Labute approximate surface area is 178 Å². The lowest BCUT2D eigenvalue weighted by Gasteiger charge is -2.41. The molecule has 0 aromatic heterocycles. The Morgan fingerprint density at radius 3 is 2.43 bits per heavy atom. The first-order chi connectivity index (χ1) is 14.7. The van der Waals surface area contributed by atoms with Crippen molar-refractivity contribution >= 4 is 12.0 Å². The number of hydrogen-bond acceptors (Lipinski definition) is 5. The molecule has 1 atom stereocenters. The molecule has 4 rings (SSSR count). The zero-order valence-corrected chi connectivity index (χ0v) is 17.7. The lowest BCUT2D eigenvalue weighted by Crippen LogP contribution is -2.51. The van der Waals surface area contributed by atoms with Crippen LogP contribution in [0.3, 0.4) is 0 Å². The SMILES string of the molecule is COC(=O)C1=C(CN2CCC(N3CCCCC3)CC2)NC(=O)N[C@@H]1c1ccccc1. The van der Waals surface area contributed by atoms with E-state index in [9.17, 15) is 9.59 Å². The quantitative estimate of drug-likeness (QED) is 0.727. The Bertz CT molecular complexity index is 781. The van der Waals surface area contributed by atoms with Gasteiger partial charge in [-0.3, -0.25) is 4.90 Å². The summed E-state index contributed by atoms with van der Waals surface area (Å²) >= 11 is 0. The molecule has 7 nitrogen and oxygen atoms in total. The number of nitrogens with one attached hydrogen (secondary N) is 2. The molecule has 2 saturated heterocycles. The van der Waals surface area contributed by atoms with Gasteiger partial charge in [0.2, 0.25) is 0 Å². The highest BCUT2D eigenvalue weighted by molar-refractivity contribution is 5.95. The number of rotatable bonds is 5. The fraction of sp³-hybridized carbons (Fsp3) is 0.565. The van der Waals surface area contributed by atoms with Gasteiger partial charge in [0.1, 0.15) is 0 Å². The number of esters is 1. The van der Waals surface area contributed by atoms with Crippen LogP contribution in [0.2, 0.25) is 0 Å². The summed E-state index contributed by atoms with van der Waals surface area (Å²) < 4.78 is 5.08. The Balaban J connectivity index is 1.49. The molecular weight excluding hydrogens is 380 g/mol. The molecule has 30 heavy (non-hydrogen) atoms. The van der Waals surface area contributed by atoms with Gasteiger partial charge in [-0.15, -0.1) is 0 Å². The number of benzene rings is 1. The zero-order valence-electron chi connectivity index (χ0n) is 17.7. The van der Waals surface area contributed by atoms with E-state index in [1.807, 2.05) is 30.3 Å². The fourth-order valence-corrected chi connectivity index (χ4v) is 4.94. The third kappa shape index (κ3) is 4.68. The van der Waals surface area contributed by atoms with Gasteiger partial charge in [0.25, 0.3) is 0 Å². The van der Waals surface area contributed by atoms with Gasteiger partial charge in [0.15, 0.2) is 0 Å². The van der Waals surface area contributed by atoms with E-state index in [0.717, 1.165) is 31.5 Å². The van der Waals surface area contributed by atoms with Crippen molar-refractivity contribution in [1.82, 2.24) is 20.4 Å². The maximum absolute atomic E-state index is 12.7. The summed E-state index contributed by atoms with van der Waals surface area (Å²) in [5.41, 5.74) is 2.01. The second kappa shape index (κ2) is 9.62. The van der Waals surface area contributed by atoms with E-state index in [1.165, 1.54) is 39.5 Å². The molecule has 2 fully saturated rings. The molecule has 0 unspecified atom stereocenters. The summed E-state index contributed by atoms with van der Waals surface area (Å²) in [6.45, 7) is 4.94. The third-order valence-corrected chi connectivity index (χ3v) is 6.54. The van der Waals surface area contributed by atoms with Crippen LogP contribution in [0.25, 0.3) is 0 Å². The number of ether oxygens (including phenoxy) is 1. The van der Waals surface area contributed by atoms with Gasteiger partial charge in [-0.1, -0.05) is 36.8 Å². The van der Waals surface area contributed by atoms with Gasteiger partial charge in [-0.25, -0.2) is 9.59 Å². The molecule has 2 N–H and O–H groups in total. The standard InChI is InChI=1S/C23H32N4O3/c1-30-22(28)20-19(24-23(29)25-21(20)17-8-4-2-5-9-17)16-26-14-10-18(11-15-26)27-12-6-3-7-13-27/h2,4-5,8-9,18,21H,3,6-7,10-16H2,1H3,(H2,24,25,29)/t21-/m1/s1. The Morgan fingerprint density at radius 1 is 1.07 bits per heavy atom. The molecule has 162 valence electrons. The van der Waals surface area contributed by atoms with Gasteiger partial charge in [0, 0.05) is 31.4 Å². The molecule has 0 bridgehead atoms. The first-order valence-corrected chi connectivity index (χ1v) is 11.1. The summed E-state index contributed by atoms with van der Waals surface area (Å²) in [6, 6.07) is 9.44. The summed E-state index contributed by atoms with van der Waals surface area (Å²) in [5, 5.41) is 5.76. The molecule has 0 radical (unpaired) electrons. The van der Waals surface area contributed by atoms with E-state index in [4.69, 9.17) is 4.74 Å². The lowest BCUT2D eigenvalue weighted by molar-refractivity contribution is -0.136. The molecular formula is C23H32N4O3. The van der Waals surface area contributed by atoms with E-state index in [-0.39, 0.29) is 6.03 Å². The van der Waals surface area contributed by atoms with E-state index < -0.39 is 12.0 Å². The average Bonchev–Trinajstić information content (AvgIpc) is 2.80. The summed E-state index contributed by atoms with van der Waals surface area (Å²) in [6.07, 6.45) is 6.26. The summed E-state index contributed by atoms with van der Waals surface area (Å²) in [4.78, 5) is 30.0. The fourth-order valence-electron chi connectivity index (χ4n) is 4.94. The summed E-state index contributed by atoms with van der Waals surface area (Å²) in [7, 11) is 1.38. The molecule has 1 aromatic carbocycles. The number of carbonyl (C=O) groups is 2. The number of hydrogen-bond donors (Lipinski definition) is 2. The van der Waals surface area contributed by atoms with Gasteiger partial charge in [0.05, 0.1) is 18.7 Å². The van der Waals surface area contributed by atoms with Crippen LogP contribution in [0.15, 0.2) is 41.6 Å². The molecule has 2 amide bonds. The number of amides is 2. The molecule has 1 aromatic rings. The second-order valence-electron chi connectivity index (χ2n) is 8.43. The van der Waals surface area contributed by atoms with Crippen LogP contribution in [0.1, 0.15) is 43.7 Å². The van der Waals surface area contributed by atoms with E-state index in [2.05, 4.69) is 20.4 Å². The van der Waals surface area contributed by atoms with Crippen LogP contribution in [0.5, 0.6) is 0 Å². The minimum Gasteiger partial charge on any atom is -0.466 e. The average molecular weight is 413 g/mol. The van der Waals surface area contributed by atoms with Crippen molar-refractivity contribution in [3.63, 3.8) is 0 Å². The number of likely N-dealkylation sites (tertiary alicyclic amines) is 2. The number of urea groups is 1. The Hall–Kier alpha value is -2.38. The smallest absolute Gasteiger partial charge is 0.338 e. The van der Waals surface area contributed by atoms with E-state index >= 15 is 0 Å². The largest absolute Gasteiger partial charge is 0.466 e. The van der Waals surface area contributed by atoms with E-state index in [0.29, 0.717) is 23.9 Å². The van der Waals surface area contributed by atoms with E-state index in [1.54, 1.807) is 0 Å². The topological polar surface area (TPSA) is 73.9 Å². The predicted molar refractivity (Wildman–Crippen MR) is 115 cm³/mol. The Morgan fingerprint density at radius 2 is 1.77 bits per heavy atom. The molecule has 0 spiro atoms. The molecule has 3 aliphatic heterocycles. The molecule has 3 aliphatic rings. The number of methoxy groups -OCH3 is 1. The highest BCUT2D eigenvalue weighted by atomic mass is 16.5. The van der Waals surface area contributed by atoms with Crippen LogP contribution in [-0.2, 0) is 9.53 Å². The maximum Gasteiger partial charge on any atom is 0.338 e. The van der Waals surface area contributed by atoms with Crippen molar-refractivity contribution in [3.05, 3.63) is 47.2 Å². The summed E-state index contributed by atoms with van der Waals surface area (Å²) in [5.74, 6) is -0.408. The predicted octanol–water partition coefficient (Wildman–Crippen LogP) is 2.42. The zero-order chi connectivity index (χ0) is 20.9. The van der Waals surface area contributed by atoms with Gasteiger partial charge >= 0.3 is 12.0 Å². The highest BCUT2D eigenvalue weighted by Gasteiger charge is 2.35. The minimum atomic E-state index is -0.506. The number of carbonyl (C=O) groups excluding carboxylic acids is 2. The van der Waals surface area contributed by atoms with Gasteiger partial charge < -0.3 is 20.3 Å². The van der Waals surface area contributed by atoms with Crippen LogP contribution in [-0.4, -0.2) is 67.7 Å². The first kappa shape index (κ1) is 20.9. The van der Waals surface area contributed by atoms with Crippen molar-refractivity contribution in [1.29, 1.82) is 0 Å². The van der Waals surface area contributed by atoms with Crippen molar-refractivity contribution in [2.45, 2.75) is 44.2 Å². The normalized spacial score (nSPS) is 24.3. The van der Waals surface area contributed by atoms with Crippen molar-refractivity contribution < 1.29 is 14.3 Å². The van der Waals surface area contributed by atoms with Gasteiger partial charge in [-0.2, -0.15) is 0 Å². The highest BCUT2D eigenvalue weighted by Crippen LogP contribution is 2.29. The first-order valence-electron chi connectivity index (χ1n) is 11.1. The second-order valence-corrected chi connectivity index (χ2v) is 8.43.